The van der Waals surface area contributed by atoms with E-state index < -0.39 is 0 Å². The van der Waals surface area contributed by atoms with Crippen LogP contribution in [0.4, 0.5) is 0 Å². The summed E-state index contributed by atoms with van der Waals surface area (Å²) >= 11 is 0. The lowest BCUT2D eigenvalue weighted by molar-refractivity contribution is -0.136. The molecule has 2 rings (SSSR count). The van der Waals surface area contributed by atoms with E-state index in [-0.39, 0.29) is 24.0 Å². The molecule has 3 N–H and O–H groups in total. The van der Waals surface area contributed by atoms with Gasteiger partial charge in [0.25, 0.3) is 0 Å². The summed E-state index contributed by atoms with van der Waals surface area (Å²) in [6.07, 6.45) is 1.77. The summed E-state index contributed by atoms with van der Waals surface area (Å²) < 4.78 is 4.86. The first-order chi connectivity index (χ1) is 10.1. The van der Waals surface area contributed by atoms with Gasteiger partial charge in [-0.15, -0.1) is 0 Å². The number of piperidine rings is 1. The fraction of sp³-hybridized carbons (Fsp3) is 0.533. The minimum absolute atomic E-state index is 0.0344. The van der Waals surface area contributed by atoms with E-state index in [2.05, 4.69) is 5.32 Å². The predicted octanol–water partition coefficient (Wildman–Crippen LogP) is 0.825. The van der Waals surface area contributed by atoms with Crippen LogP contribution in [0.15, 0.2) is 18.2 Å². The molecule has 0 radical (unpaired) electrons. The molecule has 0 unspecified atom stereocenters. The van der Waals surface area contributed by atoms with E-state index in [1.165, 1.54) is 13.2 Å². The zero-order chi connectivity index (χ0) is 15.2. The number of methoxy groups -OCH3 is 1. The monoisotopic (exact) mass is 294 g/mol. The lowest BCUT2D eigenvalue weighted by Gasteiger charge is -2.32. The average molecular weight is 294 g/mol. The highest BCUT2D eigenvalue weighted by Gasteiger charge is 2.22. The molecule has 0 saturated carbocycles. The number of phenols is 2. The smallest absolute Gasteiger partial charge is 0.248 e. The number of ether oxygens (including phenoxy) is 1. The Morgan fingerprint density at radius 3 is 2.71 bits per heavy atom. The SMILES string of the molecule is COCC(=O)N1CCC(NCc2ccc(O)cc2O)CC1. The van der Waals surface area contributed by atoms with Crippen molar-refractivity contribution < 1.29 is 19.7 Å². The van der Waals surface area contributed by atoms with Crippen LogP contribution in [-0.4, -0.2) is 53.9 Å². The third kappa shape index (κ3) is 4.34. The maximum atomic E-state index is 11.7. The minimum Gasteiger partial charge on any atom is -0.508 e. The van der Waals surface area contributed by atoms with Gasteiger partial charge in [-0.3, -0.25) is 4.79 Å². The van der Waals surface area contributed by atoms with E-state index in [0.29, 0.717) is 12.6 Å². The van der Waals surface area contributed by atoms with Gasteiger partial charge in [0.1, 0.15) is 18.1 Å². The number of rotatable bonds is 5. The summed E-state index contributed by atoms with van der Waals surface area (Å²) in [5, 5.41) is 22.4. The summed E-state index contributed by atoms with van der Waals surface area (Å²) in [5.41, 5.74) is 0.755. The van der Waals surface area contributed by atoms with Crippen LogP contribution in [0.1, 0.15) is 18.4 Å². The molecule has 6 nitrogen and oxygen atoms in total. The highest BCUT2D eigenvalue weighted by Crippen LogP contribution is 2.22. The maximum Gasteiger partial charge on any atom is 0.248 e. The third-order valence-electron chi connectivity index (χ3n) is 3.77. The van der Waals surface area contributed by atoms with Gasteiger partial charge in [-0.05, 0) is 18.9 Å². The van der Waals surface area contributed by atoms with Crippen molar-refractivity contribution in [3.8, 4) is 11.5 Å². The number of hydrogen-bond donors (Lipinski definition) is 3. The first kappa shape index (κ1) is 15.6. The second kappa shape index (κ2) is 7.28. The fourth-order valence-electron chi connectivity index (χ4n) is 2.50. The molecular weight excluding hydrogens is 272 g/mol. The molecule has 6 heteroatoms. The van der Waals surface area contributed by atoms with Crippen LogP contribution in [0.3, 0.4) is 0 Å². The number of nitrogens with zero attached hydrogens (tertiary/aromatic N) is 1. The Morgan fingerprint density at radius 1 is 1.38 bits per heavy atom. The quantitative estimate of drug-likeness (QED) is 0.749. The number of carbonyl (C=O) groups is 1. The lowest BCUT2D eigenvalue weighted by Crippen LogP contribution is -2.45. The van der Waals surface area contributed by atoms with E-state index in [1.54, 1.807) is 12.1 Å². The van der Waals surface area contributed by atoms with Gasteiger partial charge in [0.15, 0.2) is 0 Å². The number of benzene rings is 1. The molecule has 1 heterocycles. The number of likely N-dealkylation sites (tertiary alicyclic amines) is 1. The molecule has 0 aliphatic carbocycles. The molecule has 0 spiro atoms. The van der Waals surface area contributed by atoms with E-state index in [0.717, 1.165) is 31.5 Å². The van der Waals surface area contributed by atoms with Crippen molar-refractivity contribution in [3.63, 3.8) is 0 Å². The van der Waals surface area contributed by atoms with Gasteiger partial charge in [0, 0.05) is 44.4 Å². The number of phenolic OH excluding ortho intramolecular Hbond substituents is 2. The van der Waals surface area contributed by atoms with Gasteiger partial charge >= 0.3 is 0 Å². The summed E-state index contributed by atoms with van der Waals surface area (Å²) in [6.45, 7) is 2.13. The van der Waals surface area contributed by atoms with Crippen molar-refractivity contribution in [1.29, 1.82) is 0 Å². The molecule has 0 atom stereocenters. The molecule has 1 saturated heterocycles. The second-order valence-corrected chi connectivity index (χ2v) is 5.28. The fourth-order valence-corrected chi connectivity index (χ4v) is 2.50. The van der Waals surface area contributed by atoms with Crippen LogP contribution in [-0.2, 0) is 16.1 Å². The molecule has 1 aliphatic heterocycles. The molecule has 21 heavy (non-hydrogen) atoms. The third-order valence-corrected chi connectivity index (χ3v) is 3.77. The molecule has 1 aromatic carbocycles. The number of hydrogen-bond acceptors (Lipinski definition) is 5. The van der Waals surface area contributed by atoms with Gasteiger partial charge < -0.3 is 25.2 Å². The highest BCUT2D eigenvalue weighted by molar-refractivity contribution is 5.77. The van der Waals surface area contributed by atoms with E-state index in [1.807, 2.05) is 4.90 Å². The molecule has 1 amide bonds. The average Bonchev–Trinajstić information content (AvgIpc) is 2.47. The Balaban J connectivity index is 1.77. The highest BCUT2D eigenvalue weighted by atomic mass is 16.5. The summed E-state index contributed by atoms with van der Waals surface area (Å²) in [4.78, 5) is 13.5. The Labute approximate surface area is 124 Å². The van der Waals surface area contributed by atoms with Gasteiger partial charge in [-0.25, -0.2) is 0 Å². The summed E-state index contributed by atoms with van der Waals surface area (Å²) in [7, 11) is 1.52. The molecule has 1 aliphatic rings. The number of aromatic hydroxyl groups is 2. The number of nitrogens with one attached hydrogen (secondary N) is 1. The number of carbonyl (C=O) groups excluding carboxylic acids is 1. The van der Waals surface area contributed by atoms with Crippen LogP contribution in [0, 0.1) is 0 Å². The first-order valence-corrected chi connectivity index (χ1v) is 7.11. The molecular formula is C15H22N2O4. The van der Waals surface area contributed by atoms with Crippen LogP contribution in [0.25, 0.3) is 0 Å². The van der Waals surface area contributed by atoms with E-state index in [9.17, 15) is 15.0 Å². The van der Waals surface area contributed by atoms with Gasteiger partial charge in [-0.1, -0.05) is 6.07 Å². The second-order valence-electron chi connectivity index (χ2n) is 5.28. The normalized spacial score (nSPS) is 16.1. The molecule has 116 valence electrons. The zero-order valence-corrected chi connectivity index (χ0v) is 12.2. The Kier molecular flexibility index (Phi) is 5.41. The van der Waals surface area contributed by atoms with Crippen LogP contribution in [0.2, 0.25) is 0 Å². The van der Waals surface area contributed by atoms with Crippen LogP contribution < -0.4 is 5.32 Å². The maximum absolute atomic E-state index is 11.7. The van der Waals surface area contributed by atoms with Crippen molar-refractivity contribution in [2.75, 3.05) is 26.8 Å². The van der Waals surface area contributed by atoms with Crippen molar-refractivity contribution in [3.05, 3.63) is 23.8 Å². The van der Waals surface area contributed by atoms with Gasteiger partial charge in [0.05, 0.1) is 0 Å². The summed E-state index contributed by atoms with van der Waals surface area (Å²) in [6, 6.07) is 4.92. The standard InChI is InChI=1S/C15H22N2O4/c1-21-10-15(20)17-6-4-12(5-7-17)16-9-11-2-3-13(18)8-14(11)19/h2-3,8,12,16,18-19H,4-7,9-10H2,1H3. The van der Waals surface area contributed by atoms with Crippen molar-refractivity contribution in [1.82, 2.24) is 10.2 Å². The van der Waals surface area contributed by atoms with Crippen LogP contribution in [0.5, 0.6) is 11.5 Å². The van der Waals surface area contributed by atoms with Crippen molar-refractivity contribution in [2.45, 2.75) is 25.4 Å². The van der Waals surface area contributed by atoms with Crippen molar-refractivity contribution in [2.24, 2.45) is 0 Å². The molecule has 1 aromatic rings. The zero-order valence-electron chi connectivity index (χ0n) is 12.2. The van der Waals surface area contributed by atoms with Crippen molar-refractivity contribution >= 4 is 5.91 Å². The predicted molar refractivity (Wildman–Crippen MR) is 78.1 cm³/mol. The Hall–Kier alpha value is -1.79. The lowest BCUT2D eigenvalue weighted by atomic mass is 10.0. The Bertz CT molecular complexity index is 485. The molecule has 1 fully saturated rings. The van der Waals surface area contributed by atoms with Gasteiger partial charge in [-0.2, -0.15) is 0 Å². The minimum atomic E-state index is 0.0344. The molecule has 0 aromatic heterocycles. The van der Waals surface area contributed by atoms with Crippen LogP contribution >= 0.6 is 0 Å². The largest absolute Gasteiger partial charge is 0.508 e. The van der Waals surface area contributed by atoms with Gasteiger partial charge in [0.2, 0.25) is 5.91 Å². The van der Waals surface area contributed by atoms with E-state index >= 15 is 0 Å². The molecule has 0 bridgehead atoms. The summed E-state index contributed by atoms with van der Waals surface area (Å²) in [5.74, 6) is 0.184. The number of amides is 1. The Morgan fingerprint density at radius 2 is 2.10 bits per heavy atom. The topological polar surface area (TPSA) is 82.0 Å². The first-order valence-electron chi connectivity index (χ1n) is 7.11. The van der Waals surface area contributed by atoms with E-state index in [4.69, 9.17) is 4.74 Å².